The van der Waals surface area contributed by atoms with Gasteiger partial charge in [0, 0.05) is 26.2 Å². The zero-order valence-corrected chi connectivity index (χ0v) is 16.9. The maximum Gasteiger partial charge on any atom is 0.419 e. The Labute approximate surface area is 175 Å². The first-order valence-corrected chi connectivity index (χ1v) is 10.3. The van der Waals surface area contributed by atoms with Crippen LogP contribution in [-0.2, 0) is 6.54 Å². The molecule has 0 radical (unpaired) electrons. The summed E-state index contributed by atoms with van der Waals surface area (Å²) >= 11 is 0. The van der Waals surface area contributed by atoms with Crippen LogP contribution in [0, 0.1) is 0 Å². The predicted molar refractivity (Wildman–Crippen MR) is 118 cm³/mol. The molecule has 4 rings (SSSR count). The number of aliphatic hydroxyl groups excluding tert-OH is 1. The summed E-state index contributed by atoms with van der Waals surface area (Å²) in [6.07, 6.45) is 0.664. The number of aromatic nitrogens is 1. The third kappa shape index (κ3) is 4.37. The van der Waals surface area contributed by atoms with Crippen molar-refractivity contribution in [2.75, 3.05) is 19.7 Å². The van der Waals surface area contributed by atoms with E-state index in [9.17, 15) is 9.90 Å². The van der Waals surface area contributed by atoms with Crippen LogP contribution in [0.3, 0.4) is 0 Å². The van der Waals surface area contributed by atoms with Gasteiger partial charge < -0.3 is 9.52 Å². The number of nitrogens with zero attached hydrogens (tertiary/aromatic N) is 2. The fraction of sp³-hybridized carbons (Fsp3) is 0.240. The highest BCUT2D eigenvalue weighted by Gasteiger charge is 2.22. The second-order valence-corrected chi connectivity index (χ2v) is 7.32. The minimum atomic E-state index is -0.339. The molecular weight excluding hydrogens is 376 g/mol. The van der Waals surface area contributed by atoms with E-state index in [2.05, 4.69) is 29.2 Å². The molecular formula is C25H26N2O3. The largest absolute Gasteiger partial charge is 0.419 e. The molecule has 0 saturated carbocycles. The van der Waals surface area contributed by atoms with Crippen LogP contribution >= 0.6 is 0 Å². The Bertz CT molecular complexity index is 1080. The van der Waals surface area contributed by atoms with Gasteiger partial charge in [-0.3, -0.25) is 9.47 Å². The Kier molecular flexibility index (Phi) is 6.42. The lowest BCUT2D eigenvalue weighted by molar-refractivity contribution is 0.187. The zero-order valence-electron chi connectivity index (χ0n) is 16.9. The van der Waals surface area contributed by atoms with E-state index in [1.165, 1.54) is 11.1 Å². The summed E-state index contributed by atoms with van der Waals surface area (Å²) in [4.78, 5) is 14.7. The third-order valence-electron chi connectivity index (χ3n) is 5.38. The van der Waals surface area contributed by atoms with Crippen molar-refractivity contribution < 1.29 is 9.52 Å². The molecule has 1 aromatic heterocycles. The van der Waals surface area contributed by atoms with Crippen LogP contribution in [0.15, 0.2) is 94.1 Å². The Hall–Kier alpha value is -3.15. The van der Waals surface area contributed by atoms with Crippen LogP contribution in [-0.4, -0.2) is 34.3 Å². The number of para-hydroxylation sites is 2. The van der Waals surface area contributed by atoms with Gasteiger partial charge in [0.05, 0.1) is 11.6 Å². The van der Waals surface area contributed by atoms with Crippen molar-refractivity contribution in [1.82, 2.24) is 9.47 Å². The average Bonchev–Trinajstić information content (AvgIpc) is 3.12. The van der Waals surface area contributed by atoms with Crippen LogP contribution in [0.4, 0.5) is 0 Å². The molecule has 0 fully saturated rings. The molecule has 30 heavy (non-hydrogen) atoms. The number of hydrogen-bond acceptors (Lipinski definition) is 4. The molecule has 0 spiro atoms. The third-order valence-corrected chi connectivity index (χ3v) is 5.38. The van der Waals surface area contributed by atoms with E-state index < -0.39 is 0 Å². The summed E-state index contributed by atoms with van der Waals surface area (Å²) in [6.45, 7) is 2.01. The molecule has 0 aliphatic rings. The van der Waals surface area contributed by atoms with E-state index in [1.807, 2.05) is 60.7 Å². The fourth-order valence-corrected chi connectivity index (χ4v) is 3.98. The summed E-state index contributed by atoms with van der Waals surface area (Å²) < 4.78 is 7.08. The number of fused-ring (bicyclic) bond motifs is 1. The summed E-state index contributed by atoms with van der Waals surface area (Å²) in [6, 6.07) is 28.3. The van der Waals surface area contributed by atoms with Crippen molar-refractivity contribution in [3.8, 4) is 0 Å². The zero-order chi connectivity index (χ0) is 20.8. The normalized spacial score (nSPS) is 11.6. The summed E-state index contributed by atoms with van der Waals surface area (Å²) in [5, 5.41) is 9.48. The van der Waals surface area contributed by atoms with E-state index in [-0.39, 0.29) is 18.4 Å². The Morgan fingerprint density at radius 2 is 1.43 bits per heavy atom. The van der Waals surface area contributed by atoms with Crippen molar-refractivity contribution >= 4 is 11.1 Å². The van der Waals surface area contributed by atoms with Gasteiger partial charge in [-0.25, -0.2) is 4.79 Å². The van der Waals surface area contributed by atoms with Crippen molar-refractivity contribution in [3.05, 3.63) is 107 Å². The Morgan fingerprint density at radius 3 is 2.07 bits per heavy atom. The molecule has 0 atom stereocenters. The number of rotatable bonds is 9. The molecule has 5 heteroatoms. The van der Waals surface area contributed by atoms with Gasteiger partial charge in [0.25, 0.3) is 0 Å². The van der Waals surface area contributed by atoms with Gasteiger partial charge in [0.1, 0.15) is 0 Å². The molecule has 154 valence electrons. The highest BCUT2D eigenvalue weighted by molar-refractivity contribution is 5.72. The van der Waals surface area contributed by atoms with Crippen molar-refractivity contribution in [2.45, 2.75) is 19.0 Å². The molecule has 4 aromatic rings. The number of benzene rings is 3. The van der Waals surface area contributed by atoms with Gasteiger partial charge >= 0.3 is 5.76 Å². The van der Waals surface area contributed by atoms with Crippen LogP contribution in [0.2, 0.25) is 0 Å². The number of oxazole rings is 1. The summed E-state index contributed by atoms with van der Waals surface area (Å²) in [5.41, 5.74) is 3.78. The predicted octanol–water partition coefficient (Wildman–Crippen LogP) is 4.07. The van der Waals surface area contributed by atoms with Crippen molar-refractivity contribution in [2.24, 2.45) is 0 Å². The van der Waals surface area contributed by atoms with Gasteiger partial charge in [0.15, 0.2) is 5.58 Å². The molecule has 1 N–H and O–H groups in total. The van der Waals surface area contributed by atoms with Crippen LogP contribution in [0.5, 0.6) is 0 Å². The SMILES string of the molecule is O=c1oc2ccccc2n1CCN(CCCO)C(c1ccccc1)c1ccccc1. The van der Waals surface area contributed by atoms with E-state index in [1.54, 1.807) is 4.57 Å². The second kappa shape index (κ2) is 9.57. The van der Waals surface area contributed by atoms with E-state index in [0.717, 1.165) is 12.1 Å². The maximum atomic E-state index is 12.4. The standard InChI is InChI=1S/C25H26N2O3/c28-19-9-16-26(17-18-27-22-14-7-8-15-23(22)30-25(27)29)24(20-10-3-1-4-11-20)21-12-5-2-6-13-21/h1-8,10-15,24,28H,9,16-19H2. The van der Waals surface area contributed by atoms with Gasteiger partial charge in [-0.05, 0) is 29.7 Å². The topological polar surface area (TPSA) is 58.6 Å². The molecule has 0 unspecified atom stereocenters. The lowest BCUT2D eigenvalue weighted by atomic mass is 9.96. The Morgan fingerprint density at radius 1 is 0.833 bits per heavy atom. The lowest BCUT2D eigenvalue weighted by Crippen LogP contribution is -2.35. The number of hydrogen-bond donors (Lipinski definition) is 1. The monoisotopic (exact) mass is 402 g/mol. The van der Waals surface area contributed by atoms with Crippen molar-refractivity contribution in [3.63, 3.8) is 0 Å². The quantitative estimate of drug-likeness (QED) is 0.459. The minimum absolute atomic E-state index is 0.0350. The van der Waals surface area contributed by atoms with E-state index >= 15 is 0 Å². The molecule has 0 bridgehead atoms. The Balaban J connectivity index is 1.67. The first kappa shape index (κ1) is 20.1. The van der Waals surface area contributed by atoms with E-state index in [4.69, 9.17) is 4.42 Å². The highest BCUT2D eigenvalue weighted by Crippen LogP contribution is 2.29. The van der Waals surface area contributed by atoms with E-state index in [0.29, 0.717) is 25.1 Å². The first-order chi connectivity index (χ1) is 14.8. The molecule has 0 amide bonds. The average molecular weight is 402 g/mol. The minimum Gasteiger partial charge on any atom is -0.408 e. The van der Waals surface area contributed by atoms with Gasteiger partial charge in [-0.1, -0.05) is 72.8 Å². The van der Waals surface area contributed by atoms with Crippen LogP contribution in [0.25, 0.3) is 11.1 Å². The van der Waals surface area contributed by atoms with Gasteiger partial charge in [-0.2, -0.15) is 0 Å². The van der Waals surface area contributed by atoms with Gasteiger partial charge in [-0.15, -0.1) is 0 Å². The molecule has 5 nitrogen and oxygen atoms in total. The summed E-state index contributed by atoms with van der Waals surface area (Å²) in [7, 11) is 0. The highest BCUT2D eigenvalue weighted by atomic mass is 16.4. The maximum absolute atomic E-state index is 12.4. The summed E-state index contributed by atoms with van der Waals surface area (Å²) in [5.74, 6) is -0.339. The number of aliphatic hydroxyl groups is 1. The first-order valence-electron chi connectivity index (χ1n) is 10.3. The second-order valence-electron chi connectivity index (χ2n) is 7.32. The lowest BCUT2D eigenvalue weighted by Gasteiger charge is -2.32. The van der Waals surface area contributed by atoms with Crippen LogP contribution < -0.4 is 5.76 Å². The molecule has 3 aromatic carbocycles. The molecule has 0 aliphatic carbocycles. The molecule has 0 saturated heterocycles. The van der Waals surface area contributed by atoms with Crippen LogP contribution in [0.1, 0.15) is 23.6 Å². The van der Waals surface area contributed by atoms with Gasteiger partial charge in [0.2, 0.25) is 0 Å². The molecule has 1 heterocycles. The van der Waals surface area contributed by atoms with Crippen molar-refractivity contribution in [1.29, 1.82) is 0 Å². The fourth-order valence-electron chi connectivity index (χ4n) is 3.98. The molecule has 0 aliphatic heterocycles. The smallest absolute Gasteiger partial charge is 0.408 e.